The monoisotopic (exact) mass is 208 g/mol. The van der Waals surface area contributed by atoms with Gasteiger partial charge in [-0.05, 0) is 0 Å². The Balaban J connectivity index is 2.94. The SMILES string of the molecule is C#Cc1sc2c(Cl)cncc2c1N. The molecule has 0 fully saturated rings. The molecule has 2 rings (SSSR count). The zero-order valence-electron chi connectivity index (χ0n) is 6.54. The van der Waals surface area contributed by atoms with Crippen LogP contribution in [0, 0.1) is 12.3 Å². The smallest absolute Gasteiger partial charge is 0.101 e. The number of anilines is 1. The Morgan fingerprint density at radius 3 is 2.92 bits per heavy atom. The van der Waals surface area contributed by atoms with Crippen molar-refractivity contribution in [2.24, 2.45) is 0 Å². The first-order chi connectivity index (χ1) is 6.24. The number of terminal acetylenes is 1. The number of nitrogen functional groups attached to an aromatic ring is 1. The number of halogens is 1. The maximum absolute atomic E-state index is 5.92. The number of thiophene rings is 1. The fourth-order valence-corrected chi connectivity index (χ4v) is 2.28. The van der Waals surface area contributed by atoms with Gasteiger partial charge in [0.1, 0.15) is 4.88 Å². The molecule has 0 saturated carbocycles. The largest absolute Gasteiger partial charge is 0.396 e. The first-order valence-corrected chi connectivity index (χ1v) is 4.71. The molecule has 0 aromatic carbocycles. The Morgan fingerprint density at radius 2 is 2.31 bits per heavy atom. The average molecular weight is 209 g/mol. The fourth-order valence-electron chi connectivity index (χ4n) is 1.11. The normalized spacial score (nSPS) is 10.2. The topological polar surface area (TPSA) is 38.9 Å². The lowest BCUT2D eigenvalue weighted by Crippen LogP contribution is -1.84. The van der Waals surface area contributed by atoms with E-state index in [1.54, 1.807) is 12.4 Å². The second kappa shape index (κ2) is 2.91. The second-order valence-corrected chi connectivity index (χ2v) is 3.92. The summed E-state index contributed by atoms with van der Waals surface area (Å²) in [7, 11) is 0. The summed E-state index contributed by atoms with van der Waals surface area (Å²) in [6.45, 7) is 0. The highest BCUT2D eigenvalue weighted by Gasteiger charge is 2.09. The van der Waals surface area contributed by atoms with Gasteiger partial charge < -0.3 is 5.73 Å². The molecular formula is C9H5ClN2S. The molecule has 2 nitrogen and oxygen atoms in total. The Labute approximate surface area is 84.3 Å². The maximum Gasteiger partial charge on any atom is 0.101 e. The van der Waals surface area contributed by atoms with Crippen LogP contribution in [0.5, 0.6) is 0 Å². The number of pyridine rings is 1. The summed E-state index contributed by atoms with van der Waals surface area (Å²) >= 11 is 7.34. The molecule has 2 N–H and O–H groups in total. The molecule has 13 heavy (non-hydrogen) atoms. The van der Waals surface area contributed by atoms with E-state index < -0.39 is 0 Å². The van der Waals surface area contributed by atoms with E-state index in [9.17, 15) is 0 Å². The van der Waals surface area contributed by atoms with Crippen molar-refractivity contribution in [1.29, 1.82) is 0 Å². The van der Waals surface area contributed by atoms with Crippen LogP contribution in [0.3, 0.4) is 0 Å². The molecular weight excluding hydrogens is 204 g/mol. The third-order valence-corrected chi connectivity index (χ3v) is 3.31. The second-order valence-electron chi connectivity index (χ2n) is 2.49. The van der Waals surface area contributed by atoms with Gasteiger partial charge >= 0.3 is 0 Å². The zero-order valence-corrected chi connectivity index (χ0v) is 8.12. The van der Waals surface area contributed by atoms with Crippen molar-refractivity contribution in [1.82, 2.24) is 4.98 Å². The van der Waals surface area contributed by atoms with Crippen LogP contribution in [0.2, 0.25) is 5.02 Å². The third kappa shape index (κ3) is 1.15. The van der Waals surface area contributed by atoms with Crippen LogP contribution in [0.25, 0.3) is 10.1 Å². The van der Waals surface area contributed by atoms with E-state index in [0.29, 0.717) is 15.6 Å². The summed E-state index contributed by atoms with van der Waals surface area (Å²) in [5.74, 6) is 2.52. The highest BCUT2D eigenvalue weighted by Crippen LogP contribution is 2.36. The Bertz CT molecular complexity index is 510. The van der Waals surface area contributed by atoms with Gasteiger partial charge in [0.2, 0.25) is 0 Å². The van der Waals surface area contributed by atoms with Crippen molar-refractivity contribution in [3.8, 4) is 12.3 Å². The minimum Gasteiger partial charge on any atom is -0.396 e. The van der Waals surface area contributed by atoms with Crippen molar-refractivity contribution >= 4 is 38.7 Å². The quantitative estimate of drug-likeness (QED) is 0.676. The number of nitrogens with zero attached hydrogens (tertiary/aromatic N) is 1. The molecule has 0 aliphatic rings. The summed E-state index contributed by atoms with van der Waals surface area (Å²) in [6.07, 6.45) is 8.54. The summed E-state index contributed by atoms with van der Waals surface area (Å²) < 4.78 is 0.905. The molecule has 64 valence electrons. The van der Waals surface area contributed by atoms with Crippen molar-refractivity contribution in [2.45, 2.75) is 0 Å². The van der Waals surface area contributed by atoms with Gasteiger partial charge in [0, 0.05) is 17.8 Å². The van der Waals surface area contributed by atoms with E-state index in [4.69, 9.17) is 23.8 Å². The molecule has 0 atom stereocenters. The van der Waals surface area contributed by atoms with Crippen LogP contribution in [0.15, 0.2) is 12.4 Å². The molecule has 0 spiro atoms. The molecule has 0 saturated heterocycles. The molecule has 0 unspecified atom stereocenters. The molecule has 0 aliphatic heterocycles. The minimum absolute atomic E-state index is 0.593. The number of nitrogens with two attached hydrogens (primary N) is 1. The molecule has 0 radical (unpaired) electrons. The van der Waals surface area contributed by atoms with Crippen LogP contribution >= 0.6 is 22.9 Å². The van der Waals surface area contributed by atoms with Crippen molar-refractivity contribution in [2.75, 3.05) is 5.73 Å². The first-order valence-electron chi connectivity index (χ1n) is 3.52. The lowest BCUT2D eigenvalue weighted by atomic mass is 10.3. The van der Waals surface area contributed by atoms with Crippen molar-refractivity contribution < 1.29 is 0 Å². The summed E-state index contributed by atoms with van der Waals surface area (Å²) in [6, 6.07) is 0. The highest BCUT2D eigenvalue weighted by atomic mass is 35.5. The third-order valence-electron chi connectivity index (χ3n) is 1.72. The number of fused-ring (bicyclic) bond motifs is 1. The highest BCUT2D eigenvalue weighted by molar-refractivity contribution is 7.21. The number of hydrogen-bond acceptors (Lipinski definition) is 3. The predicted octanol–water partition coefficient (Wildman–Crippen LogP) is 2.51. The van der Waals surface area contributed by atoms with E-state index in [2.05, 4.69) is 10.9 Å². The summed E-state index contributed by atoms with van der Waals surface area (Å²) in [5.41, 5.74) is 6.38. The van der Waals surface area contributed by atoms with E-state index in [-0.39, 0.29) is 0 Å². The van der Waals surface area contributed by atoms with Crippen molar-refractivity contribution in [3.05, 3.63) is 22.3 Å². The van der Waals surface area contributed by atoms with Gasteiger partial charge in [0.05, 0.1) is 15.4 Å². The average Bonchev–Trinajstić information content (AvgIpc) is 2.45. The Morgan fingerprint density at radius 1 is 1.54 bits per heavy atom. The zero-order chi connectivity index (χ0) is 9.42. The van der Waals surface area contributed by atoms with Gasteiger partial charge in [-0.3, -0.25) is 4.98 Å². The van der Waals surface area contributed by atoms with Crippen LogP contribution in [0.1, 0.15) is 4.88 Å². The van der Waals surface area contributed by atoms with E-state index in [1.807, 2.05) is 0 Å². The van der Waals surface area contributed by atoms with Gasteiger partial charge in [0.15, 0.2) is 0 Å². The molecule has 0 amide bonds. The predicted molar refractivity (Wildman–Crippen MR) is 57.0 cm³/mol. The Kier molecular flexibility index (Phi) is 1.87. The van der Waals surface area contributed by atoms with Crippen molar-refractivity contribution in [3.63, 3.8) is 0 Å². The van der Waals surface area contributed by atoms with Crippen LogP contribution in [-0.4, -0.2) is 4.98 Å². The van der Waals surface area contributed by atoms with Crippen LogP contribution in [-0.2, 0) is 0 Å². The van der Waals surface area contributed by atoms with Gasteiger partial charge in [-0.15, -0.1) is 17.8 Å². The molecule has 4 heteroatoms. The first kappa shape index (κ1) is 8.36. The number of rotatable bonds is 0. The van der Waals surface area contributed by atoms with Gasteiger partial charge in [-0.2, -0.15) is 0 Å². The summed E-state index contributed by atoms with van der Waals surface area (Å²) in [4.78, 5) is 4.66. The molecule has 2 aromatic rings. The summed E-state index contributed by atoms with van der Waals surface area (Å²) in [5, 5.41) is 1.43. The number of aromatic nitrogens is 1. The van der Waals surface area contributed by atoms with E-state index >= 15 is 0 Å². The fraction of sp³-hybridized carbons (Fsp3) is 0. The molecule has 0 aliphatic carbocycles. The van der Waals surface area contributed by atoms with Crippen LogP contribution < -0.4 is 5.73 Å². The maximum atomic E-state index is 5.92. The lowest BCUT2D eigenvalue weighted by molar-refractivity contribution is 1.37. The van der Waals surface area contributed by atoms with Gasteiger partial charge in [-0.1, -0.05) is 17.5 Å². The lowest BCUT2D eigenvalue weighted by Gasteiger charge is -1.91. The minimum atomic E-state index is 0.593. The number of hydrogen-bond donors (Lipinski definition) is 1. The molecule has 2 heterocycles. The Hall–Kier alpha value is -1.24. The standard InChI is InChI=1S/C9H5ClN2S/c1-2-7-8(11)5-3-12-4-6(10)9(5)13-7/h1,3-4H,11H2. The van der Waals surface area contributed by atoms with Crippen LogP contribution in [0.4, 0.5) is 5.69 Å². The van der Waals surface area contributed by atoms with E-state index in [1.165, 1.54) is 11.3 Å². The molecule has 2 aromatic heterocycles. The molecule has 0 bridgehead atoms. The van der Waals surface area contributed by atoms with E-state index in [0.717, 1.165) is 10.1 Å². The van der Waals surface area contributed by atoms with Gasteiger partial charge in [0.25, 0.3) is 0 Å². The van der Waals surface area contributed by atoms with Gasteiger partial charge in [-0.25, -0.2) is 0 Å².